The number of hydrogen-bond acceptors (Lipinski definition) is 7. The average Bonchev–Trinajstić information content (AvgIpc) is 3.25. The number of piperazine rings is 1. The highest BCUT2D eigenvalue weighted by Gasteiger charge is 2.25. The molecule has 1 atom stereocenters. The maximum atomic E-state index is 11.1. The van der Waals surface area contributed by atoms with Gasteiger partial charge in [-0.15, -0.1) is 0 Å². The molecule has 182 valence electrons. The number of likely N-dealkylation sites (N-methyl/N-ethyl adjacent to an activating group) is 1. The third-order valence-electron chi connectivity index (χ3n) is 6.71. The number of anilines is 2. The minimum atomic E-state index is -0.204. The van der Waals surface area contributed by atoms with Gasteiger partial charge in [-0.3, -0.25) is 4.98 Å². The van der Waals surface area contributed by atoms with Crippen LogP contribution in [-0.2, 0) is 0 Å². The quantitative estimate of drug-likeness (QED) is 0.412. The van der Waals surface area contributed by atoms with Crippen molar-refractivity contribution in [3.05, 3.63) is 72.2 Å². The lowest BCUT2D eigenvalue weighted by molar-refractivity contribution is 0.270. The Bertz CT molecular complexity index is 1230. The van der Waals surface area contributed by atoms with Gasteiger partial charge in [0.2, 0.25) is 11.8 Å². The van der Waals surface area contributed by atoms with E-state index in [0.29, 0.717) is 17.3 Å². The van der Waals surface area contributed by atoms with E-state index < -0.39 is 0 Å². The van der Waals surface area contributed by atoms with Gasteiger partial charge in [0, 0.05) is 44.6 Å². The largest absolute Gasteiger partial charge is 0.493 e. The first-order chi connectivity index (χ1) is 17.0. The summed E-state index contributed by atoms with van der Waals surface area (Å²) in [6, 6.07) is 16.1. The van der Waals surface area contributed by atoms with Crippen molar-refractivity contribution in [3.8, 4) is 5.88 Å². The normalized spacial score (nSPS) is 15.6. The lowest BCUT2D eigenvalue weighted by atomic mass is 10.0. The smallest absolute Gasteiger partial charge is 0.228 e. The van der Waals surface area contributed by atoms with Crippen molar-refractivity contribution in [3.63, 3.8) is 0 Å². The predicted molar refractivity (Wildman–Crippen MR) is 140 cm³/mol. The molecule has 2 N–H and O–H groups in total. The van der Waals surface area contributed by atoms with Gasteiger partial charge in [0.15, 0.2) is 0 Å². The van der Waals surface area contributed by atoms with E-state index in [1.165, 1.54) is 0 Å². The molecule has 0 amide bonds. The Morgan fingerprint density at radius 1 is 0.971 bits per heavy atom. The zero-order valence-corrected chi connectivity index (χ0v) is 20.6. The van der Waals surface area contributed by atoms with Crippen LogP contribution in [-0.4, -0.2) is 62.2 Å². The SMILES string of the molecule is CCN1CCN(c2nc(NC(c3ccccc3)c3ccccn3)c3cn(C(C)C)c(O)c3n2)CC1. The molecule has 0 radical (unpaired) electrons. The number of hydrogen-bond donors (Lipinski definition) is 2. The fraction of sp³-hybridized carbons (Fsp3) is 0.370. The van der Waals surface area contributed by atoms with Gasteiger partial charge >= 0.3 is 0 Å². The van der Waals surface area contributed by atoms with Crippen LogP contribution in [0.2, 0.25) is 0 Å². The zero-order chi connectivity index (χ0) is 24.4. The highest BCUT2D eigenvalue weighted by molar-refractivity contribution is 5.94. The molecule has 0 bridgehead atoms. The Hall–Kier alpha value is -3.65. The van der Waals surface area contributed by atoms with Crippen LogP contribution in [0.4, 0.5) is 11.8 Å². The molecule has 5 rings (SSSR count). The number of fused-ring (bicyclic) bond motifs is 1. The molecule has 0 spiro atoms. The molecule has 1 fully saturated rings. The van der Waals surface area contributed by atoms with Crippen LogP contribution >= 0.6 is 0 Å². The summed E-state index contributed by atoms with van der Waals surface area (Å²) in [5.41, 5.74) is 2.55. The molecule has 8 nitrogen and oxygen atoms in total. The molecule has 1 aromatic carbocycles. The van der Waals surface area contributed by atoms with Gasteiger partial charge in [-0.25, -0.2) is 4.98 Å². The van der Waals surface area contributed by atoms with E-state index in [2.05, 4.69) is 39.2 Å². The third kappa shape index (κ3) is 4.66. The molecule has 0 aliphatic carbocycles. The second-order valence-electron chi connectivity index (χ2n) is 9.25. The first-order valence-electron chi connectivity index (χ1n) is 12.4. The van der Waals surface area contributed by atoms with E-state index in [9.17, 15) is 5.11 Å². The Labute approximate surface area is 206 Å². The number of aromatic nitrogens is 4. The second kappa shape index (κ2) is 9.92. The van der Waals surface area contributed by atoms with Crippen LogP contribution in [0.5, 0.6) is 5.88 Å². The first-order valence-corrected chi connectivity index (χ1v) is 12.4. The molecule has 1 aliphatic rings. The Morgan fingerprint density at radius 3 is 2.37 bits per heavy atom. The molecule has 4 heterocycles. The van der Waals surface area contributed by atoms with Gasteiger partial charge in [-0.1, -0.05) is 43.3 Å². The van der Waals surface area contributed by atoms with E-state index in [1.807, 2.05) is 67.2 Å². The summed E-state index contributed by atoms with van der Waals surface area (Å²) < 4.78 is 1.85. The van der Waals surface area contributed by atoms with Gasteiger partial charge in [0.1, 0.15) is 11.3 Å². The second-order valence-corrected chi connectivity index (χ2v) is 9.25. The maximum Gasteiger partial charge on any atom is 0.228 e. The number of nitrogens with zero attached hydrogens (tertiary/aromatic N) is 6. The van der Waals surface area contributed by atoms with Crippen molar-refractivity contribution < 1.29 is 5.11 Å². The van der Waals surface area contributed by atoms with Gasteiger partial charge < -0.3 is 24.8 Å². The number of benzene rings is 1. The van der Waals surface area contributed by atoms with Crippen LogP contribution in [0, 0.1) is 0 Å². The van der Waals surface area contributed by atoms with Crippen molar-refractivity contribution in [2.45, 2.75) is 32.9 Å². The van der Waals surface area contributed by atoms with Crippen molar-refractivity contribution in [1.29, 1.82) is 0 Å². The number of aromatic hydroxyl groups is 1. The first kappa shape index (κ1) is 23.1. The topological polar surface area (TPSA) is 82.3 Å². The zero-order valence-electron chi connectivity index (χ0n) is 20.6. The minimum absolute atomic E-state index is 0.0920. The summed E-state index contributed by atoms with van der Waals surface area (Å²) in [5, 5.41) is 15.5. The summed E-state index contributed by atoms with van der Waals surface area (Å²) in [6.07, 6.45) is 3.75. The molecule has 1 aliphatic heterocycles. The average molecular weight is 472 g/mol. The Balaban J connectivity index is 1.61. The number of rotatable bonds is 7. The molecular formula is C27H33N7O. The van der Waals surface area contributed by atoms with Crippen molar-refractivity contribution in [2.75, 3.05) is 42.9 Å². The summed E-state index contributed by atoms with van der Waals surface area (Å²) in [7, 11) is 0. The molecule has 3 aromatic heterocycles. The third-order valence-corrected chi connectivity index (χ3v) is 6.71. The molecule has 4 aromatic rings. The minimum Gasteiger partial charge on any atom is -0.493 e. The van der Waals surface area contributed by atoms with Gasteiger partial charge in [0.25, 0.3) is 0 Å². The van der Waals surface area contributed by atoms with Gasteiger partial charge in [0.05, 0.1) is 17.1 Å². The van der Waals surface area contributed by atoms with E-state index in [4.69, 9.17) is 9.97 Å². The van der Waals surface area contributed by atoms with Crippen LogP contribution in [0.15, 0.2) is 60.9 Å². The molecule has 8 heteroatoms. The van der Waals surface area contributed by atoms with Gasteiger partial charge in [-0.05, 0) is 38.1 Å². The predicted octanol–water partition coefficient (Wildman–Crippen LogP) is 4.46. The monoisotopic (exact) mass is 471 g/mol. The number of pyridine rings is 1. The van der Waals surface area contributed by atoms with E-state index in [0.717, 1.165) is 49.4 Å². The van der Waals surface area contributed by atoms with Gasteiger partial charge in [-0.2, -0.15) is 4.98 Å². The van der Waals surface area contributed by atoms with Crippen molar-refractivity contribution in [2.24, 2.45) is 0 Å². The highest BCUT2D eigenvalue weighted by atomic mass is 16.3. The summed E-state index contributed by atoms with van der Waals surface area (Å²) in [6.45, 7) is 11.0. The lowest BCUT2D eigenvalue weighted by Crippen LogP contribution is -2.46. The number of nitrogens with one attached hydrogen (secondary N) is 1. The van der Waals surface area contributed by atoms with Crippen LogP contribution in [0.25, 0.3) is 10.9 Å². The molecule has 1 saturated heterocycles. The molecule has 35 heavy (non-hydrogen) atoms. The van der Waals surface area contributed by atoms with Crippen molar-refractivity contribution in [1.82, 2.24) is 24.4 Å². The van der Waals surface area contributed by atoms with Crippen LogP contribution in [0.3, 0.4) is 0 Å². The fourth-order valence-electron chi connectivity index (χ4n) is 4.64. The summed E-state index contributed by atoms with van der Waals surface area (Å²) in [5.74, 6) is 1.50. The summed E-state index contributed by atoms with van der Waals surface area (Å²) >= 11 is 0. The molecule has 0 saturated carbocycles. The summed E-state index contributed by atoms with van der Waals surface area (Å²) in [4.78, 5) is 19.1. The lowest BCUT2D eigenvalue weighted by Gasteiger charge is -2.34. The Morgan fingerprint density at radius 2 is 1.71 bits per heavy atom. The maximum absolute atomic E-state index is 11.1. The van der Waals surface area contributed by atoms with Crippen LogP contribution in [0.1, 0.15) is 44.1 Å². The standard InChI is InChI=1S/C27H33N7O/c1-4-32-14-16-33(17-15-32)27-30-24-21(18-34(19(2)3)26(24)35)25(31-27)29-23(20-10-6-5-7-11-20)22-12-8-9-13-28-22/h5-13,18-19,23,35H,4,14-17H2,1-3H3,(H,29,30,31). The van der Waals surface area contributed by atoms with E-state index in [-0.39, 0.29) is 18.0 Å². The fourth-order valence-corrected chi connectivity index (χ4v) is 4.64. The Kier molecular flexibility index (Phi) is 6.55. The van der Waals surface area contributed by atoms with E-state index >= 15 is 0 Å². The molecular weight excluding hydrogens is 438 g/mol. The van der Waals surface area contributed by atoms with Crippen LogP contribution < -0.4 is 10.2 Å². The van der Waals surface area contributed by atoms with Crippen molar-refractivity contribution >= 4 is 22.7 Å². The van der Waals surface area contributed by atoms with E-state index in [1.54, 1.807) is 0 Å². The molecule has 1 unspecified atom stereocenters. The highest BCUT2D eigenvalue weighted by Crippen LogP contribution is 2.36.